The van der Waals surface area contributed by atoms with E-state index in [4.69, 9.17) is 9.73 Å². The molecule has 0 bridgehead atoms. The van der Waals surface area contributed by atoms with Gasteiger partial charge in [-0.25, -0.2) is 0 Å². The molecule has 0 saturated carbocycles. The van der Waals surface area contributed by atoms with Gasteiger partial charge in [-0.05, 0) is 108 Å². The predicted octanol–water partition coefficient (Wildman–Crippen LogP) is 8.32. The molecule has 3 atom stereocenters. The number of aromatic nitrogens is 3. The fourth-order valence-electron chi connectivity index (χ4n) is 7.81. The molecule has 13 nitrogen and oxygen atoms in total. The number of esters is 1. The van der Waals surface area contributed by atoms with Crippen molar-refractivity contribution < 1.29 is 23.9 Å². The summed E-state index contributed by atoms with van der Waals surface area (Å²) in [6.45, 7) is 15.6. The van der Waals surface area contributed by atoms with Gasteiger partial charge in [-0.3, -0.25) is 28.7 Å². The third kappa shape index (κ3) is 8.88. The summed E-state index contributed by atoms with van der Waals surface area (Å²) in [5, 5.41) is 19.1. The second-order valence-corrected chi connectivity index (χ2v) is 17.6. The van der Waals surface area contributed by atoms with Gasteiger partial charge in [0.1, 0.15) is 22.5 Å². The highest BCUT2D eigenvalue weighted by atomic mass is 32.1. The van der Waals surface area contributed by atoms with E-state index in [9.17, 15) is 19.2 Å². The van der Waals surface area contributed by atoms with Gasteiger partial charge in [-0.15, -0.1) is 21.5 Å². The van der Waals surface area contributed by atoms with Crippen molar-refractivity contribution in [2.24, 2.45) is 4.99 Å². The van der Waals surface area contributed by atoms with E-state index in [1.54, 1.807) is 23.5 Å². The number of ether oxygens (including phenoxy) is 1. The van der Waals surface area contributed by atoms with Crippen LogP contribution in [0.3, 0.4) is 0 Å². The number of rotatable bonds is 11. The average Bonchev–Trinajstić information content (AvgIpc) is 3.69. The number of hydrogen-bond donors (Lipinski definition) is 3. The summed E-state index contributed by atoms with van der Waals surface area (Å²) in [6, 6.07) is 22.2. The van der Waals surface area contributed by atoms with Crippen LogP contribution >= 0.6 is 11.3 Å². The molecular weight excluding hydrogens is 777 g/mol. The summed E-state index contributed by atoms with van der Waals surface area (Å²) in [4.78, 5) is 60.1. The summed E-state index contributed by atoms with van der Waals surface area (Å²) in [5.41, 5.74) is 6.84. The minimum Gasteiger partial charge on any atom is -0.460 e. The van der Waals surface area contributed by atoms with Crippen LogP contribution in [0.5, 0.6) is 0 Å². The first-order valence-corrected chi connectivity index (χ1v) is 21.2. The van der Waals surface area contributed by atoms with Gasteiger partial charge in [0.2, 0.25) is 11.8 Å². The van der Waals surface area contributed by atoms with Crippen molar-refractivity contribution in [2.75, 3.05) is 22.1 Å². The molecule has 0 spiro atoms. The number of aliphatic imine (C=N–C) groups is 1. The molecule has 60 heavy (non-hydrogen) atoms. The summed E-state index contributed by atoms with van der Waals surface area (Å²) < 4.78 is 7.66. The van der Waals surface area contributed by atoms with Crippen molar-refractivity contribution in [1.82, 2.24) is 20.1 Å². The smallest absolute Gasteiger partial charge is 0.308 e. The number of hydrogen-bond acceptors (Lipinski definition) is 10. The Bertz CT molecular complexity index is 2460. The number of carbonyl (C=O) groups excluding carboxylic acids is 4. The fourth-order valence-corrected chi connectivity index (χ4v) is 9.02. The van der Waals surface area contributed by atoms with E-state index < -0.39 is 11.6 Å². The second kappa shape index (κ2) is 17.2. The maximum absolute atomic E-state index is 13.2. The Morgan fingerprint density at radius 1 is 0.917 bits per heavy atom. The number of aryl methyl sites for hydroxylation is 2. The standard InChI is InChI=1S/C46H52N8O5S/c1-9-39(56)53-26(2)24-35(34-12-10-11-13-37(34)53)48-32-18-20-33(21-19-32)49-38(55)22-23-47-44(58)31-16-14-30(15-17-31)42-41-27(3)28(4)60-45(41)54-29(5)51-52-43(54)36(50-42)25-40(57)59-46(6,7)8/h10-21,26,35-36,48H,9,22-25H2,1-8H3,(H,47,58)(H,49,55)/t26-,35+,36-/m0/s1. The number of anilines is 3. The van der Waals surface area contributed by atoms with Gasteiger partial charge >= 0.3 is 5.97 Å². The first-order chi connectivity index (χ1) is 28.6. The van der Waals surface area contributed by atoms with E-state index in [0.29, 0.717) is 35.0 Å². The normalized spacial score (nSPS) is 17.0. The molecule has 2 aliphatic heterocycles. The Morgan fingerprint density at radius 2 is 1.62 bits per heavy atom. The Labute approximate surface area is 354 Å². The highest BCUT2D eigenvalue weighted by Gasteiger charge is 2.35. The number of fused-ring (bicyclic) bond motifs is 4. The first kappa shape index (κ1) is 42.0. The zero-order valence-corrected chi connectivity index (χ0v) is 36.2. The second-order valence-electron chi connectivity index (χ2n) is 16.4. The number of thiophene rings is 1. The topological polar surface area (TPSA) is 160 Å². The Morgan fingerprint density at radius 3 is 2.32 bits per heavy atom. The molecule has 14 heteroatoms. The maximum atomic E-state index is 13.2. The van der Waals surface area contributed by atoms with Crippen LogP contribution in [-0.2, 0) is 19.1 Å². The lowest BCUT2D eigenvalue weighted by molar-refractivity contribution is -0.155. The SMILES string of the molecule is CCC(=O)N1c2ccccc2[C@H](Nc2ccc(NC(=O)CCNC(=O)c3ccc(C4=N[C@@H](CC(=O)OC(C)(C)C)c5nnc(C)n5-c5sc(C)c(C)c54)cc3)cc2)C[C@@H]1C. The van der Waals surface area contributed by atoms with Gasteiger partial charge in [-0.2, -0.15) is 0 Å². The van der Waals surface area contributed by atoms with Crippen LogP contribution in [0.2, 0.25) is 0 Å². The molecule has 0 saturated heterocycles. The van der Waals surface area contributed by atoms with Crippen molar-refractivity contribution >= 4 is 57.8 Å². The fraction of sp³-hybridized carbons (Fsp3) is 0.370. The van der Waals surface area contributed by atoms with Crippen molar-refractivity contribution in [2.45, 2.75) is 105 Å². The van der Waals surface area contributed by atoms with Crippen LogP contribution in [0.4, 0.5) is 17.1 Å². The number of amides is 3. The number of nitrogens with one attached hydrogen (secondary N) is 3. The monoisotopic (exact) mass is 828 g/mol. The number of para-hydroxylation sites is 1. The minimum atomic E-state index is -0.652. The number of nitrogens with zero attached hydrogens (tertiary/aromatic N) is 5. The van der Waals surface area contributed by atoms with E-state index >= 15 is 0 Å². The van der Waals surface area contributed by atoms with Crippen molar-refractivity contribution in [3.8, 4) is 5.00 Å². The Hall–Kier alpha value is -6.15. The average molecular weight is 829 g/mol. The third-order valence-electron chi connectivity index (χ3n) is 10.7. The molecule has 5 aromatic rings. The highest BCUT2D eigenvalue weighted by Crippen LogP contribution is 2.41. The molecule has 2 aromatic heterocycles. The van der Waals surface area contributed by atoms with E-state index in [0.717, 1.165) is 49.9 Å². The van der Waals surface area contributed by atoms with Crippen LogP contribution in [0.15, 0.2) is 77.8 Å². The molecule has 0 radical (unpaired) electrons. The van der Waals surface area contributed by atoms with Gasteiger partial charge in [0.15, 0.2) is 5.82 Å². The third-order valence-corrected chi connectivity index (χ3v) is 11.9. The maximum Gasteiger partial charge on any atom is 0.308 e. The molecule has 3 N–H and O–H groups in total. The van der Waals surface area contributed by atoms with Gasteiger partial charge < -0.3 is 25.6 Å². The van der Waals surface area contributed by atoms with Gasteiger partial charge in [0.25, 0.3) is 5.91 Å². The van der Waals surface area contributed by atoms with Gasteiger partial charge in [0, 0.05) is 64.1 Å². The van der Waals surface area contributed by atoms with E-state index in [-0.39, 0.29) is 55.2 Å². The van der Waals surface area contributed by atoms with E-state index in [1.165, 1.54) is 0 Å². The zero-order chi connectivity index (χ0) is 42.9. The van der Waals surface area contributed by atoms with Gasteiger partial charge in [0.05, 0.1) is 18.2 Å². The molecule has 7 rings (SSSR count). The molecule has 0 aliphatic carbocycles. The molecular formula is C46H52N8O5S. The van der Waals surface area contributed by atoms with Crippen LogP contribution in [0.25, 0.3) is 5.00 Å². The van der Waals surface area contributed by atoms with Crippen molar-refractivity contribution in [3.05, 3.63) is 117 Å². The summed E-state index contributed by atoms with van der Waals surface area (Å²) >= 11 is 1.62. The lowest BCUT2D eigenvalue weighted by Crippen LogP contribution is -2.44. The number of carbonyl (C=O) groups is 4. The predicted molar refractivity (Wildman–Crippen MR) is 235 cm³/mol. The Kier molecular flexibility index (Phi) is 12.0. The summed E-state index contributed by atoms with van der Waals surface area (Å²) in [6.07, 6.45) is 1.30. The number of benzene rings is 3. The molecule has 0 fully saturated rings. The highest BCUT2D eigenvalue weighted by molar-refractivity contribution is 7.15. The van der Waals surface area contributed by atoms with Crippen LogP contribution in [0.1, 0.15) is 122 Å². The lowest BCUT2D eigenvalue weighted by atomic mass is 9.91. The molecule has 0 unspecified atom stereocenters. The van der Waals surface area contributed by atoms with Gasteiger partial charge in [-0.1, -0.05) is 37.3 Å². The van der Waals surface area contributed by atoms with Crippen LogP contribution < -0.4 is 20.9 Å². The van der Waals surface area contributed by atoms with E-state index in [1.807, 2.05) is 98.7 Å². The van der Waals surface area contributed by atoms with Crippen molar-refractivity contribution in [1.29, 1.82) is 0 Å². The van der Waals surface area contributed by atoms with E-state index in [2.05, 4.69) is 53.0 Å². The molecule has 312 valence electrons. The largest absolute Gasteiger partial charge is 0.460 e. The van der Waals surface area contributed by atoms with Crippen LogP contribution in [0, 0.1) is 20.8 Å². The molecule has 3 amide bonds. The first-order valence-electron chi connectivity index (χ1n) is 20.4. The Balaban J connectivity index is 0.972. The summed E-state index contributed by atoms with van der Waals surface area (Å²) in [7, 11) is 0. The quantitative estimate of drug-likeness (QED) is 0.112. The van der Waals surface area contributed by atoms with Crippen molar-refractivity contribution in [3.63, 3.8) is 0 Å². The molecule has 3 aromatic carbocycles. The zero-order valence-electron chi connectivity index (χ0n) is 35.4. The molecule has 2 aliphatic rings. The minimum absolute atomic E-state index is 0.0130. The van der Waals surface area contributed by atoms with Crippen LogP contribution in [-0.4, -0.2) is 62.4 Å². The summed E-state index contributed by atoms with van der Waals surface area (Å²) in [5.74, 6) is 0.463. The lowest BCUT2D eigenvalue weighted by Gasteiger charge is -2.40. The molecule has 4 heterocycles.